The molecule has 0 saturated heterocycles. The lowest BCUT2D eigenvalue weighted by molar-refractivity contribution is 0.407. The van der Waals surface area contributed by atoms with Gasteiger partial charge in [0.25, 0.3) is 0 Å². The Labute approximate surface area is 82.8 Å². The topological polar surface area (TPSA) is 24.4 Å². The molecule has 78 valence electrons. The molecule has 0 aromatic rings. The summed E-state index contributed by atoms with van der Waals surface area (Å²) in [6, 6.07) is 0. The first-order valence-electron chi connectivity index (χ1n) is 4.90. The van der Waals surface area contributed by atoms with Crippen LogP contribution >= 0.6 is 0 Å². The second kappa shape index (κ2) is 4.12. The lowest BCUT2D eigenvalue weighted by Crippen LogP contribution is -2.32. The molecule has 2 heteroatoms. The quantitative estimate of drug-likeness (QED) is 0.492. The first-order chi connectivity index (χ1) is 5.60. The maximum atomic E-state index is 4.52. The van der Waals surface area contributed by atoms with Gasteiger partial charge in [0, 0.05) is 6.54 Å². The lowest BCUT2D eigenvalue weighted by atomic mass is 9.97. The van der Waals surface area contributed by atoms with Crippen molar-refractivity contribution >= 4 is 5.84 Å². The summed E-state index contributed by atoms with van der Waals surface area (Å²) < 4.78 is 0. The minimum atomic E-state index is 0.0228. The van der Waals surface area contributed by atoms with Crippen molar-refractivity contribution in [2.75, 3.05) is 6.54 Å². The molecule has 0 fully saturated rings. The van der Waals surface area contributed by atoms with Gasteiger partial charge >= 0.3 is 0 Å². The molecule has 0 spiro atoms. The van der Waals surface area contributed by atoms with E-state index in [9.17, 15) is 0 Å². The molecule has 2 nitrogen and oxygen atoms in total. The molecule has 0 saturated carbocycles. The van der Waals surface area contributed by atoms with E-state index < -0.39 is 0 Å². The molecule has 0 aliphatic rings. The molecule has 0 aliphatic heterocycles. The number of amidine groups is 1. The van der Waals surface area contributed by atoms with Crippen LogP contribution in [0.5, 0.6) is 0 Å². The van der Waals surface area contributed by atoms with Crippen LogP contribution in [0.3, 0.4) is 0 Å². The van der Waals surface area contributed by atoms with Crippen LogP contribution in [0.4, 0.5) is 0 Å². The fourth-order valence-corrected chi connectivity index (χ4v) is 0.936. The van der Waals surface area contributed by atoms with E-state index in [1.165, 1.54) is 0 Å². The van der Waals surface area contributed by atoms with Gasteiger partial charge in [0.1, 0.15) is 0 Å². The van der Waals surface area contributed by atoms with Crippen LogP contribution < -0.4 is 5.32 Å². The Kier molecular flexibility index (Phi) is 3.95. The summed E-state index contributed by atoms with van der Waals surface area (Å²) in [5.41, 5.74) is 0.337. The van der Waals surface area contributed by atoms with Crippen LogP contribution in [0.25, 0.3) is 0 Å². The molecule has 0 amide bonds. The van der Waals surface area contributed by atoms with Gasteiger partial charge in [0.05, 0.1) is 11.4 Å². The molecule has 0 aromatic heterocycles. The third-order valence-electron chi connectivity index (χ3n) is 1.38. The molecule has 0 bridgehead atoms. The standard InChI is InChI=1S/C11H24N2/c1-9(13-11(5,6)7)12-8-10(2,3)4/h8H2,1-7H3,(H,12,13). The van der Waals surface area contributed by atoms with Gasteiger partial charge in [-0.3, -0.25) is 4.99 Å². The van der Waals surface area contributed by atoms with Gasteiger partial charge in [-0.1, -0.05) is 20.8 Å². The van der Waals surface area contributed by atoms with E-state index in [2.05, 4.69) is 51.9 Å². The van der Waals surface area contributed by atoms with Crippen molar-refractivity contribution in [2.24, 2.45) is 10.4 Å². The fraction of sp³-hybridized carbons (Fsp3) is 0.909. The monoisotopic (exact) mass is 184 g/mol. The summed E-state index contributed by atoms with van der Waals surface area (Å²) in [4.78, 5) is 4.52. The van der Waals surface area contributed by atoms with E-state index in [-0.39, 0.29) is 5.54 Å². The molecule has 13 heavy (non-hydrogen) atoms. The second-order valence-electron chi connectivity index (χ2n) is 5.78. The van der Waals surface area contributed by atoms with E-state index in [4.69, 9.17) is 0 Å². The Morgan fingerprint density at radius 1 is 1.08 bits per heavy atom. The molecule has 1 N–H and O–H groups in total. The van der Waals surface area contributed by atoms with Gasteiger partial charge in [0.2, 0.25) is 0 Å². The highest BCUT2D eigenvalue weighted by Crippen LogP contribution is 2.11. The van der Waals surface area contributed by atoms with Gasteiger partial charge < -0.3 is 5.32 Å². The molecule has 0 rings (SSSR count). The highest BCUT2D eigenvalue weighted by molar-refractivity contribution is 5.79. The molecule has 0 unspecified atom stereocenters. The van der Waals surface area contributed by atoms with Crippen molar-refractivity contribution in [1.82, 2.24) is 5.32 Å². The van der Waals surface area contributed by atoms with Crippen LogP contribution in [0.2, 0.25) is 0 Å². The summed E-state index contributed by atoms with van der Waals surface area (Å²) in [5.74, 6) is 1.03. The minimum Gasteiger partial charge on any atom is -0.374 e. The van der Waals surface area contributed by atoms with Crippen molar-refractivity contribution < 1.29 is 0 Å². The summed E-state index contributed by atoms with van der Waals surface area (Å²) in [7, 11) is 0. The molecule has 0 radical (unpaired) electrons. The Bertz CT molecular complexity index is 179. The minimum absolute atomic E-state index is 0.0228. The average Bonchev–Trinajstić information content (AvgIpc) is 1.78. The van der Waals surface area contributed by atoms with Crippen molar-refractivity contribution in [1.29, 1.82) is 0 Å². The average molecular weight is 184 g/mol. The number of aliphatic imine (C=N–C) groups is 1. The zero-order valence-electron chi connectivity index (χ0n) is 10.2. The number of nitrogens with zero attached hydrogens (tertiary/aromatic N) is 1. The Balaban J connectivity index is 4.02. The second-order valence-corrected chi connectivity index (χ2v) is 5.78. The predicted octanol–water partition coefficient (Wildman–Crippen LogP) is 2.84. The maximum Gasteiger partial charge on any atom is 0.0938 e. The lowest BCUT2D eigenvalue weighted by Gasteiger charge is -2.21. The summed E-state index contributed by atoms with van der Waals surface area (Å²) in [6.45, 7) is 16.0. The van der Waals surface area contributed by atoms with E-state index in [1.54, 1.807) is 0 Å². The Morgan fingerprint density at radius 3 is 1.85 bits per heavy atom. The molecule has 0 atom stereocenters. The Morgan fingerprint density at radius 2 is 1.54 bits per heavy atom. The van der Waals surface area contributed by atoms with Gasteiger partial charge in [-0.15, -0.1) is 0 Å². The van der Waals surface area contributed by atoms with E-state index in [0.29, 0.717) is 5.41 Å². The third-order valence-corrected chi connectivity index (χ3v) is 1.38. The van der Waals surface area contributed by atoms with Crippen LogP contribution in [0.1, 0.15) is 48.5 Å². The van der Waals surface area contributed by atoms with Crippen molar-refractivity contribution in [3.63, 3.8) is 0 Å². The van der Waals surface area contributed by atoms with Gasteiger partial charge in [-0.05, 0) is 33.1 Å². The third kappa shape index (κ3) is 9.38. The van der Waals surface area contributed by atoms with Gasteiger partial charge in [-0.2, -0.15) is 0 Å². The number of rotatable bonds is 1. The fourth-order valence-electron chi connectivity index (χ4n) is 0.936. The molecule has 0 aromatic carbocycles. The van der Waals surface area contributed by atoms with Gasteiger partial charge in [-0.25, -0.2) is 0 Å². The number of nitrogens with one attached hydrogen (secondary N) is 1. The highest BCUT2D eigenvalue weighted by Gasteiger charge is 2.11. The summed E-state index contributed by atoms with van der Waals surface area (Å²) >= 11 is 0. The highest BCUT2D eigenvalue weighted by atomic mass is 15.0. The number of hydrogen-bond acceptors (Lipinski definition) is 1. The van der Waals surface area contributed by atoms with E-state index in [1.807, 2.05) is 6.92 Å². The molecule has 0 aliphatic carbocycles. The summed E-state index contributed by atoms with van der Waals surface area (Å²) in [6.07, 6.45) is 0. The zero-order valence-corrected chi connectivity index (χ0v) is 10.2. The normalized spacial score (nSPS) is 14.5. The molecular weight excluding hydrogens is 160 g/mol. The first-order valence-corrected chi connectivity index (χ1v) is 4.90. The van der Waals surface area contributed by atoms with Crippen molar-refractivity contribution in [3.05, 3.63) is 0 Å². The maximum absolute atomic E-state index is 4.52. The predicted molar refractivity (Wildman–Crippen MR) is 60.3 cm³/mol. The largest absolute Gasteiger partial charge is 0.374 e. The molecular formula is C11H24N2. The smallest absolute Gasteiger partial charge is 0.0938 e. The van der Waals surface area contributed by atoms with Crippen LogP contribution in [-0.4, -0.2) is 17.9 Å². The van der Waals surface area contributed by atoms with Crippen LogP contribution in [-0.2, 0) is 0 Å². The van der Waals surface area contributed by atoms with E-state index in [0.717, 1.165) is 12.4 Å². The van der Waals surface area contributed by atoms with Crippen LogP contribution in [0.15, 0.2) is 4.99 Å². The summed E-state index contributed by atoms with van der Waals surface area (Å²) in [5, 5.41) is 3.33. The first kappa shape index (κ1) is 12.5. The Hall–Kier alpha value is -0.530. The van der Waals surface area contributed by atoms with Crippen molar-refractivity contribution in [3.8, 4) is 0 Å². The van der Waals surface area contributed by atoms with E-state index >= 15 is 0 Å². The van der Waals surface area contributed by atoms with Gasteiger partial charge in [0.15, 0.2) is 0 Å². The van der Waals surface area contributed by atoms with Crippen molar-refractivity contribution in [2.45, 2.75) is 54.0 Å². The number of hydrogen-bond donors (Lipinski definition) is 1. The van der Waals surface area contributed by atoms with Crippen LogP contribution in [0, 0.1) is 5.41 Å². The SMILES string of the molecule is C/C(=N\C(C)(C)C)NCC(C)(C)C. The molecule has 0 heterocycles. The zero-order chi connectivity index (χ0) is 10.7.